The van der Waals surface area contributed by atoms with Gasteiger partial charge < -0.3 is 14.6 Å². The molecule has 0 fully saturated rings. The van der Waals surface area contributed by atoms with Gasteiger partial charge in [-0.05, 0) is 25.5 Å². The third-order valence-electron chi connectivity index (χ3n) is 4.28. The second kappa shape index (κ2) is 7.97. The molecule has 2 aromatic heterocycles. The first-order valence-corrected chi connectivity index (χ1v) is 8.49. The highest BCUT2D eigenvalue weighted by molar-refractivity contribution is 5.93. The van der Waals surface area contributed by atoms with Crippen molar-refractivity contribution in [1.82, 2.24) is 25.1 Å². The van der Waals surface area contributed by atoms with Gasteiger partial charge in [0.25, 0.3) is 5.91 Å². The number of hydrogen-bond acceptors (Lipinski definition) is 4. The number of methoxy groups -OCH3 is 1. The molecule has 0 radical (unpaired) electrons. The van der Waals surface area contributed by atoms with Gasteiger partial charge in [0.05, 0.1) is 5.69 Å². The standard InChI is InChI=1S/C19H23N5O2/c1-13-6-4-5-7-15(13)16-10-17(23-22-16)19(25)20-8-9-24-14(2)11-21-18(24)12-26-3/h4-7,10-11H,8-9,12H2,1-3H3,(H,20,25)(H,22,23). The minimum absolute atomic E-state index is 0.177. The lowest BCUT2D eigenvalue weighted by Gasteiger charge is -2.10. The first kappa shape index (κ1) is 17.9. The average Bonchev–Trinajstić information content (AvgIpc) is 3.24. The third kappa shape index (κ3) is 3.83. The number of carbonyl (C=O) groups excluding carboxylic acids is 1. The van der Waals surface area contributed by atoms with Crippen molar-refractivity contribution in [2.75, 3.05) is 13.7 Å². The van der Waals surface area contributed by atoms with Gasteiger partial charge in [0.15, 0.2) is 0 Å². The lowest BCUT2D eigenvalue weighted by molar-refractivity contribution is 0.0946. The lowest BCUT2D eigenvalue weighted by Crippen LogP contribution is -2.28. The van der Waals surface area contributed by atoms with E-state index in [1.807, 2.05) is 42.7 Å². The number of hydrogen-bond donors (Lipinski definition) is 2. The van der Waals surface area contributed by atoms with Crippen LogP contribution in [0.25, 0.3) is 11.3 Å². The van der Waals surface area contributed by atoms with E-state index in [1.54, 1.807) is 19.4 Å². The van der Waals surface area contributed by atoms with Gasteiger partial charge in [0, 0.05) is 37.7 Å². The first-order valence-electron chi connectivity index (χ1n) is 8.49. The fraction of sp³-hybridized carbons (Fsp3) is 0.316. The summed E-state index contributed by atoms with van der Waals surface area (Å²) in [6, 6.07) is 9.73. The average molecular weight is 353 g/mol. The molecule has 0 spiro atoms. The number of amides is 1. The van der Waals surface area contributed by atoms with E-state index in [9.17, 15) is 4.79 Å². The molecule has 26 heavy (non-hydrogen) atoms. The predicted octanol–water partition coefficient (Wildman–Crippen LogP) is 2.47. The lowest BCUT2D eigenvalue weighted by atomic mass is 10.1. The van der Waals surface area contributed by atoms with Gasteiger partial charge in [-0.2, -0.15) is 5.10 Å². The van der Waals surface area contributed by atoms with Crippen molar-refractivity contribution in [1.29, 1.82) is 0 Å². The van der Waals surface area contributed by atoms with E-state index in [4.69, 9.17) is 4.74 Å². The van der Waals surface area contributed by atoms with Crippen LogP contribution in [-0.4, -0.2) is 39.3 Å². The second-order valence-corrected chi connectivity index (χ2v) is 6.14. The summed E-state index contributed by atoms with van der Waals surface area (Å²) >= 11 is 0. The first-order chi connectivity index (χ1) is 12.6. The van der Waals surface area contributed by atoms with Gasteiger partial charge in [-0.15, -0.1) is 0 Å². The summed E-state index contributed by atoms with van der Waals surface area (Å²) in [5.41, 5.74) is 4.38. The number of aromatic nitrogens is 4. The Bertz CT molecular complexity index is 897. The van der Waals surface area contributed by atoms with Crippen molar-refractivity contribution in [3.63, 3.8) is 0 Å². The molecule has 0 saturated heterocycles. The van der Waals surface area contributed by atoms with Gasteiger partial charge >= 0.3 is 0 Å². The topological polar surface area (TPSA) is 84.8 Å². The van der Waals surface area contributed by atoms with Crippen molar-refractivity contribution in [3.05, 3.63) is 59.3 Å². The summed E-state index contributed by atoms with van der Waals surface area (Å²) in [6.07, 6.45) is 1.81. The van der Waals surface area contributed by atoms with E-state index >= 15 is 0 Å². The maximum Gasteiger partial charge on any atom is 0.269 e. The van der Waals surface area contributed by atoms with E-state index in [0.717, 1.165) is 28.3 Å². The second-order valence-electron chi connectivity index (χ2n) is 6.14. The molecule has 0 atom stereocenters. The number of benzene rings is 1. The molecule has 0 saturated carbocycles. The highest BCUT2D eigenvalue weighted by atomic mass is 16.5. The van der Waals surface area contributed by atoms with Crippen molar-refractivity contribution >= 4 is 5.91 Å². The van der Waals surface area contributed by atoms with E-state index in [2.05, 4.69) is 20.5 Å². The Labute approximate surface area is 152 Å². The Morgan fingerprint density at radius 2 is 2.12 bits per heavy atom. The zero-order valence-corrected chi connectivity index (χ0v) is 15.2. The SMILES string of the molecule is COCc1ncc(C)n1CCNC(=O)c1cc(-c2ccccc2C)n[nH]1. The molecule has 2 heterocycles. The number of aryl methyl sites for hydroxylation is 2. The molecule has 0 unspecified atom stereocenters. The summed E-state index contributed by atoms with van der Waals surface area (Å²) in [7, 11) is 1.64. The highest BCUT2D eigenvalue weighted by Gasteiger charge is 2.12. The summed E-state index contributed by atoms with van der Waals surface area (Å²) < 4.78 is 7.19. The molecule has 3 aromatic rings. The molecule has 0 aliphatic carbocycles. The maximum atomic E-state index is 12.4. The monoisotopic (exact) mass is 353 g/mol. The van der Waals surface area contributed by atoms with Gasteiger partial charge in [0.2, 0.25) is 0 Å². The number of aromatic amines is 1. The van der Waals surface area contributed by atoms with Gasteiger partial charge in [-0.1, -0.05) is 24.3 Å². The molecule has 0 bridgehead atoms. The number of H-pyrrole nitrogens is 1. The Kier molecular flexibility index (Phi) is 5.48. The third-order valence-corrected chi connectivity index (χ3v) is 4.28. The fourth-order valence-corrected chi connectivity index (χ4v) is 2.87. The Morgan fingerprint density at radius 1 is 1.31 bits per heavy atom. The minimum atomic E-state index is -0.177. The van der Waals surface area contributed by atoms with Gasteiger partial charge in [-0.3, -0.25) is 9.89 Å². The van der Waals surface area contributed by atoms with Crippen LogP contribution < -0.4 is 5.32 Å². The highest BCUT2D eigenvalue weighted by Crippen LogP contribution is 2.21. The molecule has 3 rings (SSSR count). The Balaban J connectivity index is 1.61. The molecule has 0 aliphatic rings. The van der Waals surface area contributed by atoms with Gasteiger partial charge in [-0.25, -0.2) is 4.98 Å². The summed E-state index contributed by atoms with van der Waals surface area (Å²) in [4.78, 5) is 16.7. The molecule has 7 nitrogen and oxygen atoms in total. The number of carbonyl (C=O) groups is 1. The number of nitrogens with zero attached hydrogens (tertiary/aromatic N) is 3. The molecular weight excluding hydrogens is 330 g/mol. The van der Waals surface area contributed by atoms with Crippen LogP contribution in [0.5, 0.6) is 0 Å². The van der Waals surface area contributed by atoms with Crippen LogP contribution in [0.4, 0.5) is 0 Å². The van der Waals surface area contributed by atoms with E-state index < -0.39 is 0 Å². The zero-order valence-electron chi connectivity index (χ0n) is 15.2. The zero-order chi connectivity index (χ0) is 18.5. The molecular formula is C19H23N5O2. The Hall–Kier alpha value is -2.93. The number of rotatable bonds is 7. The van der Waals surface area contributed by atoms with E-state index in [-0.39, 0.29) is 5.91 Å². The number of nitrogens with one attached hydrogen (secondary N) is 2. The van der Waals surface area contributed by atoms with Crippen LogP contribution in [0.15, 0.2) is 36.5 Å². The van der Waals surface area contributed by atoms with Crippen LogP contribution in [0, 0.1) is 13.8 Å². The van der Waals surface area contributed by atoms with Crippen molar-refractivity contribution in [3.8, 4) is 11.3 Å². The van der Waals surface area contributed by atoms with Crippen molar-refractivity contribution < 1.29 is 9.53 Å². The fourth-order valence-electron chi connectivity index (χ4n) is 2.87. The minimum Gasteiger partial charge on any atom is -0.377 e. The molecule has 0 aliphatic heterocycles. The van der Waals surface area contributed by atoms with Gasteiger partial charge in [0.1, 0.15) is 18.1 Å². The molecule has 136 valence electrons. The van der Waals surface area contributed by atoms with E-state index in [1.165, 1.54) is 0 Å². The molecule has 1 amide bonds. The maximum absolute atomic E-state index is 12.4. The largest absolute Gasteiger partial charge is 0.377 e. The summed E-state index contributed by atoms with van der Waals surface area (Å²) in [5, 5.41) is 9.99. The predicted molar refractivity (Wildman–Crippen MR) is 98.8 cm³/mol. The molecule has 2 N–H and O–H groups in total. The van der Waals surface area contributed by atoms with Crippen molar-refractivity contribution in [2.45, 2.75) is 27.0 Å². The van der Waals surface area contributed by atoms with Crippen LogP contribution >= 0.6 is 0 Å². The van der Waals surface area contributed by atoms with Crippen LogP contribution in [-0.2, 0) is 17.9 Å². The van der Waals surface area contributed by atoms with Crippen molar-refractivity contribution in [2.24, 2.45) is 0 Å². The normalized spacial score (nSPS) is 10.9. The number of imidazole rings is 1. The van der Waals surface area contributed by atoms with E-state index in [0.29, 0.717) is 25.4 Å². The number of ether oxygens (including phenoxy) is 1. The van der Waals surface area contributed by atoms with Crippen LogP contribution in [0.3, 0.4) is 0 Å². The quantitative estimate of drug-likeness (QED) is 0.683. The smallest absolute Gasteiger partial charge is 0.269 e. The molecule has 7 heteroatoms. The molecule has 1 aromatic carbocycles. The summed E-state index contributed by atoms with van der Waals surface area (Å²) in [6.45, 7) is 5.58. The van der Waals surface area contributed by atoms with Crippen LogP contribution in [0.2, 0.25) is 0 Å². The Morgan fingerprint density at radius 3 is 2.88 bits per heavy atom. The summed E-state index contributed by atoms with van der Waals surface area (Å²) in [5.74, 6) is 0.672. The van der Waals surface area contributed by atoms with Crippen LogP contribution in [0.1, 0.15) is 27.6 Å².